The van der Waals surface area contributed by atoms with Gasteiger partial charge in [0.1, 0.15) is 10.6 Å². The van der Waals surface area contributed by atoms with Gasteiger partial charge in [-0.2, -0.15) is 0 Å². The molecule has 1 fully saturated rings. The molecule has 1 aliphatic heterocycles. The molecule has 0 aliphatic carbocycles. The summed E-state index contributed by atoms with van der Waals surface area (Å²) in [4.78, 5) is 12.5. The van der Waals surface area contributed by atoms with Crippen LogP contribution in [0, 0.1) is 5.41 Å². The largest absolute Gasteiger partial charge is 0.495 e. The lowest BCUT2D eigenvalue weighted by atomic mass is 9.79. The van der Waals surface area contributed by atoms with Crippen molar-refractivity contribution < 1.29 is 22.7 Å². The van der Waals surface area contributed by atoms with Gasteiger partial charge in [-0.1, -0.05) is 0 Å². The van der Waals surface area contributed by atoms with Crippen LogP contribution in [0.15, 0.2) is 23.1 Å². The molecule has 0 spiro atoms. The third kappa shape index (κ3) is 4.73. The Morgan fingerprint density at radius 3 is 2.54 bits per heavy atom. The molecule has 8 nitrogen and oxygen atoms in total. The Kier molecular flexibility index (Phi) is 6.99. The van der Waals surface area contributed by atoms with E-state index < -0.39 is 10.0 Å². The van der Waals surface area contributed by atoms with E-state index in [4.69, 9.17) is 9.47 Å². The Labute approximate surface area is 154 Å². The first-order valence-corrected chi connectivity index (χ1v) is 9.95. The molecular weight excluding hydrogens is 358 g/mol. The maximum atomic E-state index is 12.6. The minimum atomic E-state index is -3.74. The number of carbonyl (C=O) groups is 1. The SMILES string of the molecule is CNS(=O)(=O)c1cc(C(=O)NCC2(COC)CCNCC2)ccc1OC. The Hall–Kier alpha value is -1.68. The lowest BCUT2D eigenvalue weighted by Crippen LogP contribution is -2.47. The zero-order valence-electron chi connectivity index (χ0n) is 15.4. The number of rotatable bonds is 8. The lowest BCUT2D eigenvalue weighted by molar-refractivity contribution is 0.0511. The second-order valence-electron chi connectivity index (χ2n) is 6.44. The Morgan fingerprint density at radius 2 is 1.96 bits per heavy atom. The molecule has 0 unspecified atom stereocenters. The number of methoxy groups -OCH3 is 2. The van der Waals surface area contributed by atoms with Crippen molar-refractivity contribution in [1.82, 2.24) is 15.4 Å². The summed E-state index contributed by atoms with van der Waals surface area (Å²) in [6.07, 6.45) is 1.81. The van der Waals surface area contributed by atoms with Crippen molar-refractivity contribution in [3.05, 3.63) is 23.8 Å². The Bertz CT molecular complexity index is 724. The van der Waals surface area contributed by atoms with Gasteiger partial charge in [-0.25, -0.2) is 13.1 Å². The van der Waals surface area contributed by atoms with Crippen molar-refractivity contribution >= 4 is 15.9 Å². The van der Waals surface area contributed by atoms with E-state index in [1.165, 1.54) is 26.3 Å². The molecular formula is C17H27N3O5S. The third-order valence-corrected chi connectivity index (χ3v) is 6.16. The van der Waals surface area contributed by atoms with Gasteiger partial charge in [0.05, 0.1) is 13.7 Å². The topological polar surface area (TPSA) is 106 Å². The van der Waals surface area contributed by atoms with E-state index in [2.05, 4.69) is 15.4 Å². The van der Waals surface area contributed by atoms with Gasteiger partial charge in [0.25, 0.3) is 5.91 Å². The highest BCUT2D eigenvalue weighted by molar-refractivity contribution is 7.89. The smallest absolute Gasteiger partial charge is 0.251 e. The molecule has 1 heterocycles. The molecule has 0 radical (unpaired) electrons. The number of benzene rings is 1. The molecule has 1 saturated heterocycles. The Balaban J connectivity index is 2.17. The van der Waals surface area contributed by atoms with Gasteiger partial charge in [-0.05, 0) is 51.2 Å². The number of nitrogens with one attached hydrogen (secondary N) is 3. The van der Waals surface area contributed by atoms with Crippen molar-refractivity contribution in [2.75, 3.05) is 47.5 Å². The number of hydrogen-bond donors (Lipinski definition) is 3. The van der Waals surface area contributed by atoms with Crippen molar-refractivity contribution in [1.29, 1.82) is 0 Å². The number of sulfonamides is 1. The van der Waals surface area contributed by atoms with Crippen molar-refractivity contribution in [2.24, 2.45) is 5.41 Å². The predicted molar refractivity (Wildman–Crippen MR) is 98.0 cm³/mol. The molecule has 9 heteroatoms. The van der Waals surface area contributed by atoms with Crippen molar-refractivity contribution in [3.8, 4) is 5.75 Å². The molecule has 0 saturated carbocycles. The van der Waals surface area contributed by atoms with E-state index >= 15 is 0 Å². The van der Waals surface area contributed by atoms with Crippen LogP contribution in [-0.4, -0.2) is 61.8 Å². The van der Waals surface area contributed by atoms with Gasteiger partial charge < -0.3 is 20.1 Å². The monoisotopic (exact) mass is 385 g/mol. The fourth-order valence-corrected chi connectivity index (χ4v) is 4.06. The van der Waals surface area contributed by atoms with Gasteiger partial charge >= 0.3 is 0 Å². The Morgan fingerprint density at radius 1 is 1.27 bits per heavy atom. The van der Waals surface area contributed by atoms with E-state index in [1.54, 1.807) is 13.2 Å². The lowest BCUT2D eigenvalue weighted by Gasteiger charge is -2.37. The molecule has 0 atom stereocenters. The summed E-state index contributed by atoms with van der Waals surface area (Å²) in [6, 6.07) is 4.36. The average Bonchev–Trinajstić information content (AvgIpc) is 2.66. The van der Waals surface area contributed by atoms with Crippen LogP contribution in [-0.2, 0) is 14.8 Å². The summed E-state index contributed by atoms with van der Waals surface area (Å²) < 4.78 is 37.0. The number of piperidine rings is 1. The fourth-order valence-electron chi connectivity index (χ4n) is 3.14. The van der Waals surface area contributed by atoms with Crippen LogP contribution >= 0.6 is 0 Å². The first kappa shape index (κ1) is 20.6. The zero-order chi connectivity index (χ0) is 19.2. The van der Waals surface area contributed by atoms with Crippen molar-refractivity contribution in [2.45, 2.75) is 17.7 Å². The van der Waals surface area contributed by atoms with E-state index in [1.807, 2.05) is 0 Å². The zero-order valence-corrected chi connectivity index (χ0v) is 16.2. The van der Waals surface area contributed by atoms with E-state index in [0.29, 0.717) is 13.2 Å². The predicted octanol–water partition coefficient (Wildman–Crippen LogP) is 0.349. The molecule has 1 amide bonds. The van der Waals surface area contributed by atoms with Gasteiger partial charge in [0.15, 0.2) is 0 Å². The fraction of sp³-hybridized carbons (Fsp3) is 0.588. The molecule has 1 aromatic rings. The number of carbonyl (C=O) groups excluding carboxylic acids is 1. The molecule has 2 rings (SSSR count). The third-order valence-electron chi connectivity index (χ3n) is 4.72. The highest BCUT2D eigenvalue weighted by Gasteiger charge is 2.32. The number of ether oxygens (including phenoxy) is 2. The second-order valence-corrected chi connectivity index (χ2v) is 8.29. The maximum absolute atomic E-state index is 12.6. The van der Waals surface area contributed by atoms with E-state index in [9.17, 15) is 13.2 Å². The second kappa shape index (κ2) is 8.81. The minimum absolute atomic E-state index is 0.0661. The van der Waals surface area contributed by atoms with Crippen LogP contribution < -0.4 is 20.1 Å². The number of amides is 1. The summed E-state index contributed by atoms with van der Waals surface area (Å²) in [5.74, 6) is -0.140. The van der Waals surface area contributed by atoms with Crippen molar-refractivity contribution in [3.63, 3.8) is 0 Å². The minimum Gasteiger partial charge on any atom is -0.495 e. The standard InChI is InChI=1S/C17H27N3O5S/c1-18-26(22,23)15-10-13(4-5-14(15)25-3)16(21)20-11-17(12-24-2)6-8-19-9-7-17/h4-5,10,18-19H,6-9,11-12H2,1-3H3,(H,20,21). The maximum Gasteiger partial charge on any atom is 0.251 e. The van der Waals surface area contributed by atoms with Crippen LogP contribution in [0.25, 0.3) is 0 Å². The molecule has 26 heavy (non-hydrogen) atoms. The van der Waals surface area contributed by atoms with Crippen LogP contribution in [0.2, 0.25) is 0 Å². The summed E-state index contributed by atoms with van der Waals surface area (Å²) in [7, 11) is 0.617. The quantitative estimate of drug-likeness (QED) is 0.596. The normalized spacial score (nSPS) is 16.9. The van der Waals surface area contributed by atoms with Crippen LogP contribution in [0.5, 0.6) is 5.75 Å². The molecule has 146 valence electrons. The average molecular weight is 385 g/mol. The molecule has 0 aromatic heterocycles. The first-order chi connectivity index (χ1) is 12.4. The van der Waals surface area contributed by atoms with Crippen LogP contribution in [0.3, 0.4) is 0 Å². The summed E-state index contributed by atoms with van der Waals surface area (Å²) in [6.45, 7) is 2.80. The van der Waals surface area contributed by atoms with Gasteiger partial charge in [0, 0.05) is 24.6 Å². The molecule has 3 N–H and O–H groups in total. The van der Waals surface area contributed by atoms with E-state index in [0.717, 1.165) is 25.9 Å². The summed E-state index contributed by atoms with van der Waals surface area (Å²) in [5, 5.41) is 6.23. The van der Waals surface area contributed by atoms with Gasteiger partial charge in [-0.15, -0.1) is 0 Å². The molecule has 0 bridgehead atoms. The van der Waals surface area contributed by atoms with Crippen LogP contribution in [0.4, 0.5) is 0 Å². The summed E-state index contributed by atoms with van der Waals surface area (Å²) >= 11 is 0. The molecule has 1 aliphatic rings. The van der Waals surface area contributed by atoms with Crippen LogP contribution in [0.1, 0.15) is 23.2 Å². The highest BCUT2D eigenvalue weighted by atomic mass is 32.2. The molecule has 1 aromatic carbocycles. The van der Waals surface area contributed by atoms with Gasteiger partial charge in [0.2, 0.25) is 10.0 Å². The first-order valence-electron chi connectivity index (χ1n) is 8.47. The summed E-state index contributed by atoms with van der Waals surface area (Å²) in [5.41, 5.74) is 0.156. The highest BCUT2D eigenvalue weighted by Crippen LogP contribution is 2.29. The van der Waals surface area contributed by atoms with Gasteiger partial charge in [-0.3, -0.25) is 4.79 Å². The van der Waals surface area contributed by atoms with E-state index in [-0.39, 0.29) is 27.5 Å². The number of hydrogen-bond acceptors (Lipinski definition) is 6.